The highest BCUT2D eigenvalue weighted by molar-refractivity contribution is 5.95. The Kier molecular flexibility index (Phi) is 5.14. The zero-order chi connectivity index (χ0) is 16.9. The molecule has 0 bridgehead atoms. The van der Waals surface area contributed by atoms with Crippen LogP contribution in [0.1, 0.15) is 54.4 Å². The second-order valence-electron chi connectivity index (χ2n) is 6.65. The van der Waals surface area contributed by atoms with Crippen LogP contribution < -0.4 is 5.32 Å². The van der Waals surface area contributed by atoms with E-state index in [0.717, 1.165) is 45.1 Å². The molecule has 0 aromatic heterocycles. The fraction of sp³-hybridized carbons (Fsp3) is 0.526. The Morgan fingerprint density at radius 2 is 2.08 bits per heavy atom. The fourth-order valence-electron chi connectivity index (χ4n) is 3.85. The summed E-state index contributed by atoms with van der Waals surface area (Å²) < 4.78 is 0. The quantitative estimate of drug-likeness (QED) is 0.862. The summed E-state index contributed by atoms with van der Waals surface area (Å²) in [6.07, 6.45) is 5.60. The number of hydrogen-bond donors (Lipinski definition) is 1. The summed E-state index contributed by atoms with van der Waals surface area (Å²) in [5.74, 6) is -0.0773. The molecule has 2 atom stereocenters. The molecule has 5 nitrogen and oxygen atoms in total. The molecule has 3 rings (SSSR count). The van der Waals surface area contributed by atoms with Crippen molar-refractivity contribution < 1.29 is 9.59 Å². The van der Waals surface area contributed by atoms with Gasteiger partial charge in [0.25, 0.3) is 5.91 Å². The summed E-state index contributed by atoms with van der Waals surface area (Å²) in [5.41, 5.74) is 1.03. The first-order valence-corrected chi connectivity index (χ1v) is 8.79. The Balaban J connectivity index is 1.88. The monoisotopic (exact) mass is 325 g/mol. The topological polar surface area (TPSA) is 73.2 Å². The van der Waals surface area contributed by atoms with Crippen LogP contribution in [0.3, 0.4) is 0 Å². The number of hydrogen-bond acceptors (Lipinski definition) is 3. The maximum absolute atomic E-state index is 13.1. The summed E-state index contributed by atoms with van der Waals surface area (Å²) >= 11 is 0. The van der Waals surface area contributed by atoms with Crippen LogP contribution in [0.4, 0.5) is 0 Å². The first-order valence-electron chi connectivity index (χ1n) is 8.79. The number of benzene rings is 1. The highest BCUT2D eigenvalue weighted by Gasteiger charge is 2.39. The molecule has 1 N–H and O–H groups in total. The molecule has 1 saturated heterocycles. The first-order chi connectivity index (χ1) is 11.7. The number of fused-ring (bicyclic) bond motifs is 1. The molecule has 2 fully saturated rings. The van der Waals surface area contributed by atoms with E-state index in [-0.39, 0.29) is 23.8 Å². The van der Waals surface area contributed by atoms with Crippen LogP contribution in [-0.4, -0.2) is 35.8 Å². The Morgan fingerprint density at radius 3 is 2.92 bits per heavy atom. The van der Waals surface area contributed by atoms with Crippen LogP contribution in [0, 0.1) is 17.2 Å². The SMILES string of the molecule is N#Cc1cccc(C(=O)N2CCCCCNC(=O)[C@@H]3CCC[C@@H]32)c1. The number of nitrogens with zero attached hydrogens (tertiary/aromatic N) is 2. The first kappa shape index (κ1) is 16.5. The average Bonchev–Trinajstić information content (AvgIpc) is 3.10. The van der Waals surface area contributed by atoms with Crippen LogP contribution in [0.15, 0.2) is 24.3 Å². The molecule has 0 unspecified atom stereocenters. The van der Waals surface area contributed by atoms with Crippen LogP contribution in [0.5, 0.6) is 0 Å². The number of nitrogens with one attached hydrogen (secondary N) is 1. The molecule has 0 radical (unpaired) electrons. The molecule has 1 heterocycles. The second kappa shape index (κ2) is 7.48. The lowest BCUT2D eigenvalue weighted by Gasteiger charge is -2.33. The summed E-state index contributed by atoms with van der Waals surface area (Å²) in [6.45, 7) is 1.42. The number of nitriles is 1. The summed E-state index contributed by atoms with van der Waals surface area (Å²) in [5, 5.41) is 12.1. The van der Waals surface area contributed by atoms with Crippen LogP contribution in [-0.2, 0) is 4.79 Å². The minimum Gasteiger partial charge on any atom is -0.356 e. The van der Waals surface area contributed by atoms with Gasteiger partial charge in [-0.3, -0.25) is 9.59 Å². The number of rotatable bonds is 1. The molecular formula is C19H23N3O2. The van der Waals surface area contributed by atoms with Crippen molar-refractivity contribution >= 4 is 11.8 Å². The molecule has 1 aliphatic heterocycles. The minimum absolute atomic E-state index is 0.0265. The van der Waals surface area contributed by atoms with Gasteiger partial charge in [-0.05, 0) is 50.3 Å². The van der Waals surface area contributed by atoms with E-state index in [4.69, 9.17) is 5.26 Å². The van der Waals surface area contributed by atoms with E-state index < -0.39 is 0 Å². The number of amides is 2. The van der Waals surface area contributed by atoms with Crippen molar-refractivity contribution in [3.8, 4) is 6.07 Å². The molecule has 1 aromatic rings. The third kappa shape index (κ3) is 3.43. The Hall–Kier alpha value is -2.35. The van der Waals surface area contributed by atoms with Gasteiger partial charge in [-0.1, -0.05) is 12.5 Å². The molecule has 24 heavy (non-hydrogen) atoms. The summed E-state index contributed by atoms with van der Waals surface area (Å²) in [7, 11) is 0. The van der Waals surface area contributed by atoms with Crippen LogP contribution in [0.2, 0.25) is 0 Å². The minimum atomic E-state index is -0.105. The van der Waals surface area contributed by atoms with Crippen molar-refractivity contribution in [2.45, 2.75) is 44.6 Å². The summed E-state index contributed by atoms with van der Waals surface area (Å²) in [6, 6.07) is 8.90. The molecule has 126 valence electrons. The van der Waals surface area contributed by atoms with Crippen molar-refractivity contribution in [3.05, 3.63) is 35.4 Å². The molecule has 1 aliphatic carbocycles. The van der Waals surface area contributed by atoms with E-state index in [9.17, 15) is 9.59 Å². The molecule has 0 spiro atoms. The summed E-state index contributed by atoms with van der Waals surface area (Å²) in [4.78, 5) is 27.4. The van der Waals surface area contributed by atoms with Gasteiger partial charge in [0.1, 0.15) is 0 Å². The number of carbonyl (C=O) groups is 2. The zero-order valence-corrected chi connectivity index (χ0v) is 13.8. The molecule has 5 heteroatoms. The lowest BCUT2D eigenvalue weighted by atomic mass is 9.98. The smallest absolute Gasteiger partial charge is 0.254 e. The van der Waals surface area contributed by atoms with Gasteiger partial charge >= 0.3 is 0 Å². The van der Waals surface area contributed by atoms with Crippen molar-refractivity contribution in [1.29, 1.82) is 5.26 Å². The maximum atomic E-state index is 13.1. The second-order valence-corrected chi connectivity index (χ2v) is 6.65. The fourth-order valence-corrected chi connectivity index (χ4v) is 3.85. The van der Waals surface area contributed by atoms with E-state index in [0.29, 0.717) is 17.7 Å². The molecule has 1 saturated carbocycles. The van der Waals surface area contributed by atoms with E-state index in [1.807, 2.05) is 4.90 Å². The molecule has 2 amide bonds. The van der Waals surface area contributed by atoms with Gasteiger partial charge in [-0.2, -0.15) is 5.26 Å². The highest BCUT2D eigenvalue weighted by atomic mass is 16.2. The van der Waals surface area contributed by atoms with Gasteiger partial charge in [0.2, 0.25) is 5.91 Å². The lowest BCUT2D eigenvalue weighted by molar-refractivity contribution is -0.126. The van der Waals surface area contributed by atoms with Gasteiger partial charge in [-0.25, -0.2) is 0 Å². The Labute approximate surface area is 142 Å². The van der Waals surface area contributed by atoms with Crippen LogP contribution in [0.25, 0.3) is 0 Å². The van der Waals surface area contributed by atoms with Gasteiger partial charge in [-0.15, -0.1) is 0 Å². The van der Waals surface area contributed by atoms with E-state index in [2.05, 4.69) is 11.4 Å². The van der Waals surface area contributed by atoms with Crippen LogP contribution >= 0.6 is 0 Å². The molecular weight excluding hydrogens is 302 g/mol. The number of carbonyl (C=O) groups excluding carboxylic acids is 2. The normalized spacial score (nSPS) is 24.6. The van der Waals surface area contributed by atoms with E-state index >= 15 is 0 Å². The van der Waals surface area contributed by atoms with Crippen molar-refractivity contribution in [1.82, 2.24) is 10.2 Å². The Bertz CT molecular complexity index is 665. The van der Waals surface area contributed by atoms with Crippen molar-refractivity contribution in [2.75, 3.05) is 13.1 Å². The maximum Gasteiger partial charge on any atom is 0.254 e. The molecule has 2 aliphatic rings. The van der Waals surface area contributed by atoms with Gasteiger partial charge < -0.3 is 10.2 Å². The van der Waals surface area contributed by atoms with Gasteiger partial charge in [0.15, 0.2) is 0 Å². The Morgan fingerprint density at radius 1 is 1.21 bits per heavy atom. The average molecular weight is 325 g/mol. The van der Waals surface area contributed by atoms with Gasteiger partial charge in [0, 0.05) is 24.7 Å². The van der Waals surface area contributed by atoms with Crippen molar-refractivity contribution in [3.63, 3.8) is 0 Å². The highest BCUT2D eigenvalue weighted by Crippen LogP contribution is 2.32. The van der Waals surface area contributed by atoms with E-state index in [1.165, 1.54) is 0 Å². The van der Waals surface area contributed by atoms with E-state index in [1.54, 1.807) is 24.3 Å². The third-order valence-electron chi connectivity index (χ3n) is 5.09. The lowest BCUT2D eigenvalue weighted by Crippen LogP contribution is -2.48. The third-order valence-corrected chi connectivity index (χ3v) is 5.09. The van der Waals surface area contributed by atoms with Crippen molar-refractivity contribution in [2.24, 2.45) is 5.92 Å². The predicted molar refractivity (Wildman–Crippen MR) is 90.2 cm³/mol. The molecule has 1 aromatic carbocycles. The standard InChI is InChI=1S/C19H23N3O2/c20-13-14-6-4-7-15(12-14)19(24)22-11-3-1-2-10-21-18(23)16-8-5-9-17(16)22/h4,6-7,12,16-17H,1-3,5,8-11H2,(H,21,23)/t16-,17+/m1/s1. The largest absolute Gasteiger partial charge is 0.356 e. The van der Waals surface area contributed by atoms with Gasteiger partial charge in [0.05, 0.1) is 17.6 Å². The predicted octanol–water partition coefficient (Wildman–Crippen LogP) is 2.47. The zero-order valence-electron chi connectivity index (χ0n) is 13.8.